The second-order valence-electron chi connectivity index (χ2n) is 12.0. The minimum absolute atomic E-state index is 0.649. The highest BCUT2D eigenvalue weighted by Crippen LogP contribution is 2.55. The molecule has 0 bridgehead atoms. The molecule has 0 unspecified atom stereocenters. The van der Waals surface area contributed by atoms with Crippen LogP contribution in [0.25, 0.3) is 55.8 Å². The minimum atomic E-state index is -0.761. The molecule has 0 atom stereocenters. The Hall–Kier alpha value is -6.19. The number of benzene rings is 7. The summed E-state index contributed by atoms with van der Waals surface area (Å²) in [5, 5.41) is 2.38. The van der Waals surface area contributed by atoms with Crippen LogP contribution in [0.3, 0.4) is 0 Å². The zero-order valence-electron chi connectivity index (χ0n) is 25.6. The highest BCUT2D eigenvalue weighted by Gasteiger charge is 2.49. The first-order chi connectivity index (χ1) is 23.3. The van der Waals surface area contributed by atoms with Gasteiger partial charge in [-0.2, -0.15) is 0 Å². The molecule has 1 aliphatic carbocycles. The van der Waals surface area contributed by atoms with E-state index in [0.29, 0.717) is 17.5 Å². The highest BCUT2D eigenvalue weighted by molar-refractivity contribution is 5.89. The Balaban J connectivity index is 1.35. The van der Waals surface area contributed by atoms with Gasteiger partial charge in [-0.25, -0.2) is 15.0 Å². The molecule has 0 saturated heterocycles. The van der Waals surface area contributed by atoms with Gasteiger partial charge in [-0.3, -0.25) is 0 Å². The SMILES string of the molecule is c1ccc(-c2ccc(-c3nc(-c4ccccc4)nc(C4(c5ccc6ccccc6c5)c5ccccc5-c5ccccc54)n3)cc2)cc1. The van der Waals surface area contributed by atoms with Crippen LogP contribution in [0.5, 0.6) is 0 Å². The average molecular weight is 600 g/mol. The highest BCUT2D eigenvalue weighted by atomic mass is 15.0. The molecule has 0 fully saturated rings. The van der Waals surface area contributed by atoms with Gasteiger partial charge in [0.2, 0.25) is 0 Å². The smallest absolute Gasteiger partial charge is 0.163 e. The van der Waals surface area contributed by atoms with Gasteiger partial charge in [0.25, 0.3) is 0 Å². The van der Waals surface area contributed by atoms with Crippen LogP contribution in [0, 0.1) is 0 Å². The molecule has 0 saturated carbocycles. The Morgan fingerprint density at radius 2 is 0.809 bits per heavy atom. The third kappa shape index (κ3) is 4.39. The van der Waals surface area contributed by atoms with Crippen molar-refractivity contribution in [3.8, 4) is 45.0 Å². The minimum Gasteiger partial charge on any atom is -0.211 e. The van der Waals surface area contributed by atoms with E-state index in [1.807, 2.05) is 24.3 Å². The monoisotopic (exact) mass is 599 g/mol. The Morgan fingerprint density at radius 3 is 1.45 bits per heavy atom. The van der Waals surface area contributed by atoms with Crippen LogP contribution in [0.1, 0.15) is 22.5 Å². The zero-order valence-corrected chi connectivity index (χ0v) is 25.6. The topological polar surface area (TPSA) is 38.7 Å². The number of aromatic nitrogens is 3. The Kier molecular flexibility index (Phi) is 6.36. The molecule has 1 aromatic heterocycles. The van der Waals surface area contributed by atoms with Gasteiger partial charge in [-0.1, -0.05) is 170 Å². The van der Waals surface area contributed by atoms with Crippen molar-refractivity contribution in [3.05, 3.63) is 198 Å². The molecule has 7 aromatic carbocycles. The molecule has 3 heteroatoms. The van der Waals surface area contributed by atoms with E-state index in [0.717, 1.165) is 22.3 Å². The van der Waals surface area contributed by atoms with Crippen molar-refractivity contribution in [2.75, 3.05) is 0 Å². The summed E-state index contributed by atoms with van der Waals surface area (Å²) in [4.78, 5) is 15.9. The van der Waals surface area contributed by atoms with Crippen molar-refractivity contribution in [1.29, 1.82) is 0 Å². The Morgan fingerprint density at radius 1 is 0.340 bits per heavy atom. The van der Waals surface area contributed by atoms with Crippen molar-refractivity contribution >= 4 is 10.8 Å². The van der Waals surface area contributed by atoms with Crippen molar-refractivity contribution in [2.24, 2.45) is 0 Å². The van der Waals surface area contributed by atoms with Gasteiger partial charge >= 0.3 is 0 Å². The van der Waals surface area contributed by atoms with Gasteiger partial charge in [-0.15, -0.1) is 0 Å². The van der Waals surface area contributed by atoms with Gasteiger partial charge in [0.15, 0.2) is 17.5 Å². The fourth-order valence-corrected chi connectivity index (χ4v) is 7.17. The summed E-state index contributed by atoms with van der Waals surface area (Å²) in [5.41, 5.74) is 9.34. The molecule has 1 aliphatic rings. The van der Waals surface area contributed by atoms with Crippen LogP contribution in [0.2, 0.25) is 0 Å². The fraction of sp³-hybridized carbons (Fsp3) is 0.0227. The Bertz CT molecular complexity index is 2350. The summed E-state index contributed by atoms with van der Waals surface area (Å²) in [6.07, 6.45) is 0. The van der Waals surface area contributed by atoms with Gasteiger partial charge in [0, 0.05) is 11.1 Å². The molecule has 0 spiro atoms. The molecule has 0 aliphatic heterocycles. The maximum absolute atomic E-state index is 5.42. The maximum Gasteiger partial charge on any atom is 0.163 e. The van der Waals surface area contributed by atoms with E-state index in [1.54, 1.807) is 0 Å². The lowest BCUT2D eigenvalue weighted by atomic mass is 9.71. The van der Waals surface area contributed by atoms with Crippen LogP contribution in [-0.4, -0.2) is 15.0 Å². The summed E-state index contributed by atoms with van der Waals surface area (Å²) in [7, 11) is 0. The summed E-state index contributed by atoms with van der Waals surface area (Å²) < 4.78 is 0. The summed E-state index contributed by atoms with van der Waals surface area (Å²) >= 11 is 0. The largest absolute Gasteiger partial charge is 0.211 e. The first-order valence-electron chi connectivity index (χ1n) is 16.0. The van der Waals surface area contributed by atoms with Crippen molar-refractivity contribution in [2.45, 2.75) is 5.41 Å². The van der Waals surface area contributed by atoms with Crippen LogP contribution < -0.4 is 0 Å². The zero-order chi connectivity index (χ0) is 31.2. The molecule has 1 heterocycles. The van der Waals surface area contributed by atoms with Crippen LogP contribution in [0.4, 0.5) is 0 Å². The third-order valence-electron chi connectivity index (χ3n) is 9.39. The van der Waals surface area contributed by atoms with E-state index in [9.17, 15) is 0 Å². The molecular formula is C44H29N3. The summed E-state index contributed by atoms with van der Waals surface area (Å²) in [6, 6.07) is 61.9. The van der Waals surface area contributed by atoms with E-state index in [1.165, 1.54) is 38.6 Å². The molecule has 3 nitrogen and oxygen atoms in total. The summed E-state index contributed by atoms with van der Waals surface area (Å²) in [6.45, 7) is 0. The van der Waals surface area contributed by atoms with E-state index in [4.69, 9.17) is 15.0 Å². The third-order valence-corrected chi connectivity index (χ3v) is 9.39. The molecular weight excluding hydrogens is 571 g/mol. The number of rotatable bonds is 5. The lowest BCUT2D eigenvalue weighted by molar-refractivity contribution is 0.693. The quantitative estimate of drug-likeness (QED) is 0.198. The second kappa shape index (κ2) is 11.0. The van der Waals surface area contributed by atoms with E-state index in [-0.39, 0.29) is 0 Å². The van der Waals surface area contributed by atoms with Gasteiger partial charge < -0.3 is 0 Å². The maximum atomic E-state index is 5.42. The second-order valence-corrected chi connectivity index (χ2v) is 12.0. The van der Waals surface area contributed by atoms with Crippen molar-refractivity contribution < 1.29 is 0 Å². The van der Waals surface area contributed by atoms with Crippen molar-refractivity contribution in [1.82, 2.24) is 15.0 Å². The van der Waals surface area contributed by atoms with E-state index in [2.05, 4.69) is 152 Å². The predicted molar refractivity (Wildman–Crippen MR) is 191 cm³/mol. The molecule has 0 amide bonds. The number of hydrogen-bond donors (Lipinski definition) is 0. The molecule has 47 heavy (non-hydrogen) atoms. The first-order valence-corrected chi connectivity index (χ1v) is 16.0. The van der Waals surface area contributed by atoms with Crippen molar-refractivity contribution in [3.63, 3.8) is 0 Å². The predicted octanol–water partition coefficient (Wildman–Crippen LogP) is 10.4. The standard InChI is InChI=1S/C44H29N3/c1-3-13-30(14-4-1)32-23-25-34(26-24-32)42-45-41(33-16-5-2-6-17-33)46-43(47-42)44(36-28-27-31-15-7-8-18-35(31)29-36)39-21-11-9-19-37(39)38-20-10-12-22-40(38)44/h1-29H. The molecule has 0 radical (unpaired) electrons. The van der Waals surface area contributed by atoms with Crippen LogP contribution in [0.15, 0.2) is 176 Å². The normalized spacial score (nSPS) is 12.9. The Labute approximate surface area is 273 Å². The van der Waals surface area contributed by atoms with Gasteiger partial charge in [0.1, 0.15) is 5.41 Å². The fourth-order valence-electron chi connectivity index (χ4n) is 7.17. The lowest BCUT2D eigenvalue weighted by Gasteiger charge is -2.32. The number of fused-ring (bicyclic) bond motifs is 4. The molecule has 8 aromatic rings. The van der Waals surface area contributed by atoms with E-state index < -0.39 is 5.41 Å². The van der Waals surface area contributed by atoms with Crippen LogP contribution in [-0.2, 0) is 5.41 Å². The van der Waals surface area contributed by atoms with E-state index >= 15 is 0 Å². The average Bonchev–Trinajstić information content (AvgIpc) is 3.46. The molecule has 9 rings (SSSR count). The lowest BCUT2D eigenvalue weighted by Crippen LogP contribution is -2.31. The summed E-state index contributed by atoms with van der Waals surface area (Å²) in [5.74, 6) is 2.01. The van der Waals surface area contributed by atoms with Crippen LogP contribution >= 0.6 is 0 Å². The van der Waals surface area contributed by atoms with Gasteiger partial charge in [-0.05, 0) is 55.8 Å². The molecule has 0 N–H and O–H groups in total. The number of hydrogen-bond acceptors (Lipinski definition) is 3. The molecule has 220 valence electrons. The number of nitrogens with zero attached hydrogens (tertiary/aromatic N) is 3. The van der Waals surface area contributed by atoms with Gasteiger partial charge in [0.05, 0.1) is 0 Å². The first kappa shape index (κ1) is 27.1.